The lowest BCUT2D eigenvalue weighted by molar-refractivity contribution is -0.133. The average Bonchev–Trinajstić information content (AvgIpc) is 2.05. The van der Waals surface area contributed by atoms with Crippen LogP contribution in [0.2, 0.25) is 0 Å². The Labute approximate surface area is 67.6 Å². The Morgan fingerprint density at radius 1 is 1.45 bits per heavy atom. The van der Waals surface area contributed by atoms with E-state index in [0.717, 1.165) is 13.0 Å². The average molecular weight is 151 g/mol. The van der Waals surface area contributed by atoms with Gasteiger partial charge in [0.15, 0.2) is 0 Å². The summed E-state index contributed by atoms with van der Waals surface area (Å²) in [6.07, 6.45) is 0.832. The van der Waals surface area contributed by atoms with Crippen molar-refractivity contribution in [1.82, 2.24) is 4.90 Å². The molecule has 60 valence electrons. The molecule has 0 radical (unpaired) electrons. The molecule has 0 aliphatic carbocycles. The van der Waals surface area contributed by atoms with Crippen LogP contribution in [-0.4, -0.2) is 23.9 Å². The fourth-order valence-corrected chi connectivity index (χ4v) is 1.06. The lowest BCUT2D eigenvalue weighted by Crippen LogP contribution is -2.36. The summed E-state index contributed by atoms with van der Waals surface area (Å²) in [5.74, 6) is 6.22. The smallest absolute Gasteiger partial charge is 0.225 e. The normalized spacial score (nSPS) is 16.1. The summed E-state index contributed by atoms with van der Waals surface area (Å²) in [5.41, 5.74) is 0. The van der Waals surface area contributed by atoms with Crippen molar-refractivity contribution in [2.75, 3.05) is 13.1 Å². The van der Waals surface area contributed by atoms with Crippen LogP contribution in [0.1, 0.15) is 20.3 Å². The van der Waals surface area contributed by atoms with E-state index in [9.17, 15) is 4.79 Å². The number of carbonyl (C=O) groups is 1. The summed E-state index contributed by atoms with van der Waals surface area (Å²) in [5, 5.41) is 0. The monoisotopic (exact) mass is 151 g/mol. The number of hydrogen-bond acceptors (Lipinski definition) is 1. The molecule has 0 aromatic heterocycles. The molecule has 11 heavy (non-hydrogen) atoms. The van der Waals surface area contributed by atoms with Gasteiger partial charge in [-0.1, -0.05) is 25.7 Å². The topological polar surface area (TPSA) is 20.3 Å². The lowest BCUT2D eigenvalue weighted by atomic mass is 10.1. The van der Waals surface area contributed by atoms with E-state index in [-0.39, 0.29) is 11.8 Å². The van der Waals surface area contributed by atoms with E-state index in [0.29, 0.717) is 6.54 Å². The molecule has 1 rings (SSSR count). The van der Waals surface area contributed by atoms with E-state index in [2.05, 4.69) is 11.8 Å². The summed E-state index contributed by atoms with van der Waals surface area (Å²) >= 11 is 0. The van der Waals surface area contributed by atoms with Gasteiger partial charge in [0.05, 0.1) is 6.54 Å². The summed E-state index contributed by atoms with van der Waals surface area (Å²) in [4.78, 5) is 13.2. The summed E-state index contributed by atoms with van der Waals surface area (Å²) in [6, 6.07) is 0. The number of nitrogens with zero attached hydrogens (tertiary/aromatic N) is 1. The molecular formula is C9H13NO. The molecule has 0 bridgehead atoms. The minimum Gasteiger partial charge on any atom is -0.330 e. The van der Waals surface area contributed by atoms with Crippen LogP contribution in [0, 0.1) is 17.8 Å². The maximum atomic E-state index is 11.4. The molecule has 0 saturated carbocycles. The molecule has 0 fully saturated rings. The van der Waals surface area contributed by atoms with Crippen molar-refractivity contribution in [3.63, 3.8) is 0 Å². The Balaban J connectivity index is 2.50. The molecule has 0 saturated heterocycles. The fraction of sp³-hybridized carbons (Fsp3) is 0.667. The Morgan fingerprint density at radius 3 is 2.64 bits per heavy atom. The third-order valence-electron chi connectivity index (χ3n) is 1.71. The van der Waals surface area contributed by atoms with Gasteiger partial charge < -0.3 is 4.90 Å². The van der Waals surface area contributed by atoms with E-state index in [1.54, 1.807) is 0 Å². The molecule has 0 spiro atoms. The first kappa shape index (κ1) is 8.13. The van der Waals surface area contributed by atoms with E-state index in [4.69, 9.17) is 0 Å². The molecule has 0 aromatic carbocycles. The van der Waals surface area contributed by atoms with Crippen LogP contribution in [0.5, 0.6) is 0 Å². The first-order valence-corrected chi connectivity index (χ1v) is 3.96. The van der Waals surface area contributed by atoms with Crippen LogP contribution < -0.4 is 0 Å². The molecule has 0 aromatic rings. The van der Waals surface area contributed by atoms with Crippen molar-refractivity contribution in [3.05, 3.63) is 0 Å². The van der Waals surface area contributed by atoms with E-state index in [1.807, 2.05) is 18.7 Å². The van der Waals surface area contributed by atoms with Crippen molar-refractivity contribution in [2.45, 2.75) is 20.3 Å². The molecule has 2 heteroatoms. The van der Waals surface area contributed by atoms with Crippen LogP contribution in [-0.2, 0) is 4.79 Å². The van der Waals surface area contributed by atoms with Gasteiger partial charge in [-0.05, 0) is 0 Å². The zero-order chi connectivity index (χ0) is 8.27. The minimum atomic E-state index is 0.106. The maximum absolute atomic E-state index is 11.4. The van der Waals surface area contributed by atoms with Crippen LogP contribution >= 0.6 is 0 Å². The van der Waals surface area contributed by atoms with Crippen molar-refractivity contribution in [1.29, 1.82) is 0 Å². The fourth-order valence-electron chi connectivity index (χ4n) is 1.06. The minimum absolute atomic E-state index is 0.106. The van der Waals surface area contributed by atoms with Gasteiger partial charge in [0.2, 0.25) is 5.91 Å². The van der Waals surface area contributed by atoms with Gasteiger partial charge in [0.25, 0.3) is 0 Å². The van der Waals surface area contributed by atoms with Gasteiger partial charge >= 0.3 is 0 Å². The predicted octanol–water partition coefficient (Wildman–Crippen LogP) is 0.878. The quantitative estimate of drug-likeness (QED) is 0.509. The van der Waals surface area contributed by atoms with Gasteiger partial charge in [-0.15, -0.1) is 0 Å². The highest BCUT2D eigenvalue weighted by Gasteiger charge is 2.16. The van der Waals surface area contributed by atoms with E-state index < -0.39 is 0 Å². The van der Waals surface area contributed by atoms with Crippen molar-refractivity contribution in [3.8, 4) is 11.8 Å². The first-order chi connectivity index (χ1) is 5.22. The second kappa shape index (κ2) is 3.43. The Bertz CT molecular complexity index is 209. The second-order valence-electron chi connectivity index (χ2n) is 3.02. The Kier molecular flexibility index (Phi) is 2.53. The molecule has 0 unspecified atom stereocenters. The predicted molar refractivity (Wildman–Crippen MR) is 43.8 cm³/mol. The summed E-state index contributed by atoms with van der Waals surface area (Å²) < 4.78 is 0. The van der Waals surface area contributed by atoms with Crippen molar-refractivity contribution >= 4 is 5.91 Å². The molecule has 1 amide bonds. The largest absolute Gasteiger partial charge is 0.330 e. The van der Waals surface area contributed by atoms with Gasteiger partial charge in [-0.2, -0.15) is 0 Å². The lowest BCUT2D eigenvalue weighted by Gasteiger charge is -2.22. The molecule has 1 aliphatic heterocycles. The Morgan fingerprint density at radius 2 is 2.18 bits per heavy atom. The van der Waals surface area contributed by atoms with Crippen LogP contribution in [0.3, 0.4) is 0 Å². The van der Waals surface area contributed by atoms with Gasteiger partial charge in [0, 0.05) is 18.9 Å². The van der Waals surface area contributed by atoms with Crippen LogP contribution in [0.25, 0.3) is 0 Å². The highest BCUT2D eigenvalue weighted by atomic mass is 16.2. The van der Waals surface area contributed by atoms with E-state index in [1.165, 1.54) is 0 Å². The molecule has 1 aliphatic rings. The van der Waals surface area contributed by atoms with Crippen molar-refractivity contribution in [2.24, 2.45) is 5.92 Å². The SMILES string of the molecule is CC(C)C(=O)N1CC#CCC1. The molecule has 2 nitrogen and oxygen atoms in total. The van der Waals surface area contributed by atoms with Gasteiger partial charge in [0.1, 0.15) is 0 Å². The number of hydrogen-bond donors (Lipinski definition) is 0. The third kappa shape index (κ3) is 1.98. The molecule has 0 N–H and O–H groups in total. The summed E-state index contributed by atoms with van der Waals surface area (Å²) in [6.45, 7) is 5.27. The van der Waals surface area contributed by atoms with Gasteiger partial charge in [-0.25, -0.2) is 0 Å². The highest BCUT2D eigenvalue weighted by Crippen LogP contribution is 2.03. The maximum Gasteiger partial charge on any atom is 0.225 e. The first-order valence-electron chi connectivity index (χ1n) is 3.96. The van der Waals surface area contributed by atoms with Crippen molar-refractivity contribution < 1.29 is 4.79 Å². The number of amides is 1. The van der Waals surface area contributed by atoms with Gasteiger partial charge in [-0.3, -0.25) is 4.79 Å². The zero-order valence-corrected chi connectivity index (χ0v) is 7.05. The second-order valence-corrected chi connectivity index (χ2v) is 3.02. The molecule has 1 heterocycles. The summed E-state index contributed by atoms with van der Waals surface area (Å²) in [7, 11) is 0. The van der Waals surface area contributed by atoms with Crippen LogP contribution in [0.15, 0.2) is 0 Å². The molecular weight excluding hydrogens is 138 g/mol. The zero-order valence-electron chi connectivity index (χ0n) is 7.05. The number of rotatable bonds is 1. The van der Waals surface area contributed by atoms with Crippen LogP contribution in [0.4, 0.5) is 0 Å². The highest BCUT2D eigenvalue weighted by molar-refractivity contribution is 5.78. The third-order valence-corrected chi connectivity index (χ3v) is 1.71. The standard InChI is InChI=1S/C9H13NO/c1-8(2)9(11)10-6-4-3-5-7-10/h8H,4,6-7H2,1-2H3. The number of carbonyl (C=O) groups excluding carboxylic acids is 1. The molecule has 0 atom stereocenters. The Hall–Kier alpha value is -0.970. The van der Waals surface area contributed by atoms with E-state index >= 15 is 0 Å².